The van der Waals surface area contributed by atoms with Crippen LogP contribution in [0, 0.1) is 11.8 Å². The van der Waals surface area contributed by atoms with E-state index in [9.17, 15) is 18.3 Å². The zero-order chi connectivity index (χ0) is 29.4. The van der Waals surface area contributed by atoms with Crippen molar-refractivity contribution in [3.05, 3.63) is 59.2 Å². The summed E-state index contributed by atoms with van der Waals surface area (Å²) in [5.74, 6) is 1.14. The van der Waals surface area contributed by atoms with Gasteiger partial charge in [0.1, 0.15) is 6.10 Å². The summed E-state index contributed by atoms with van der Waals surface area (Å²) in [6.07, 6.45) is 4.28. The number of ether oxygens (including phenoxy) is 2. The van der Waals surface area contributed by atoms with Crippen molar-refractivity contribution in [2.75, 3.05) is 19.6 Å². The fourth-order valence-corrected chi connectivity index (χ4v) is 10.6. The summed E-state index contributed by atoms with van der Waals surface area (Å²) in [5, 5.41) is 12.9. The highest BCUT2D eigenvalue weighted by molar-refractivity contribution is 7.88. The number of piperidine rings is 1. The molecule has 0 radical (unpaired) electrons. The number of likely N-dealkylation sites (tertiary alicyclic amines) is 1. The Bertz CT molecular complexity index is 1490. The van der Waals surface area contributed by atoms with Gasteiger partial charge in [0.25, 0.3) is 0 Å². The lowest BCUT2D eigenvalue weighted by atomic mass is 9.48. The van der Waals surface area contributed by atoms with E-state index >= 15 is 0 Å². The Balaban J connectivity index is 1.35. The number of esters is 1. The fraction of sp³-hybridized carbons (Fsp3) is 0.606. The summed E-state index contributed by atoms with van der Waals surface area (Å²) >= 11 is 0. The van der Waals surface area contributed by atoms with Crippen molar-refractivity contribution < 1.29 is 27.8 Å². The lowest BCUT2D eigenvalue weighted by Gasteiger charge is -2.64. The normalized spacial score (nSPS) is 31.6. The second-order valence-electron chi connectivity index (χ2n) is 13.7. The van der Waals surface area contributed by atoms with Gasteiger partial charge in [-0.05, 0) is 74.1 Å². The summed E-state index contributed by atoms with van der Waals surface area (Å²) in [4.78, 5) is 14.6. The van der Waals surface area contributed by atoms with Crippen molar-refractivity contribution >= 4 is 16.0 Å². The van der Waals surface area contributed by atoms with Gasteiger partial charge in [0.2, 0.25) is 10.0 Å². The van der Waals surface area contributed by atoms with Crippen molar-refractivity contribution in [1.82, 2.24) is 9.21 Å². The minimum atomic E-state index is -3.73. The molecule has 0 aromatic heterocycles. The highest BCUT2D eigenvalue weighted by atomic mass is 32.2. The molecule has 8 nitrogen and oxygen atoms in total. The van der Waals surface area contributed by atoms with Crippen LogP contribution in [-0.2, 0) is 32.4 Å². The molecule has 3 aliphatic carbocycles. The molecule has 1 saturated heterocycles. The Hall–Kier alpha value is -2.46. The van der Waals surface area contributed by atoms with Gasteiger partial charge >= 0.3 is 5.97 Å². The zero-order valence-corrected chi connectivity index (χ0v) is 25.6. The molecule has 42 heavy (non-hydrogen) atoms. The molecule has 2 saturated carbocycles. The summed E-state index contributed by atoms with van der Waals surface area (Å²) in [5.41, 5.74) is 0.948. The number of aliphatic hydroxyl groups is 1. The molecule has 2 unspecified atom stereocenters. The first-order chi connectivity index (χ1) is 20.0. The van der Waals surface area contributed by atoms with Crippen LogP contribution in [0.3, 0.4) is 0 Å². The molecule has 2 aliphatic heterocycles. The van der Waals surface area contributed by atoms with Gasteiger partial charge in [-0.25, -0.2) is 8.42 Å². The lowest BCUT2D eigenvalue weighted by molar-refractivity contribution is -0.196. The SMILES string of the molecule is CC(=O)Oc1ccc2c3c1OC1C(N(CC(C)C)S(=O)(=O)Cc4ccccc4)CC[C@@]4(O)[C@@H](C2)N(CC2CC2)CC[C@]314. The number of carbonyl (C=O) groups is 1. The standard InChI is InChI=1S/C33H42N2O6S/c1-21(2)18-35(42(38,39)20-24-7-5-4-6-8-24)26-13-14-33(37)28-17-25-11-12-27(40-22(3)36)30-29(25)32(33,31(26)41-30)15-16-34(28)19-23-9-10-23/h4-8,11-12,21,23,26,28,31,37H,9-10,13-20H2,1-3H3/t26?,28-,31?,32+,33-/m1/s1. The van der Waals surface area contributed by atoms with E-state index in [1.165, 1.54) is 19.8 Å². The minimum absolute atomic E-state index is 0.0589. The quantitative estimate of drug-likeness (QED) is 0.346. The van der Waals surface area contributed by atoms with E-state index in [2.05, 4.69) is 4.90 Å². The molecule has 9 heteroatoms. The van der Waals surface area contributed by atoms with Crippen LogP contribution in [0.15, 0.2) is 42.5 Å². The molecule has 2 heterocycles. The van der Waals surface area contributed by atoms with Crippen molar-refractivity contribution in [3.63, 3.8) is 0 Å². The molecule has 0 amide bonds. The Morgan fingerprint density at radius 1 is 1.14 bits per heavy atom. The smallest absolute Gasteiger partial charge is 0.308 e. The first-order valence-corrected chi connectivity index (χ1v) is 17.2. The average Bonchev–Trinajstić information content (AvgIpc) is 3.67. The van der Waals surface area contributed by atoms with E-state index in [0.29, 0.717) is 49.6 Å². The van der Waals surface area contributed by atoms with Gasteiger partial charge in [0, 0.05) is 31.6 Å². The third kappa shape index (κ3) is 4.33. The molecule has 1 spiro atoms. The van der Waals surface area contributed by atoms with Gasteiger partial charge in [0.05, 0.1) is 22.8 Å². The molecule has 2 aromatic rings. The number of hydrogen-bond donors (Lipinski definition) is 1. The van der Waals surface area contributed by atoms with E-state index in [1.807, 2.05) is 56.3 Å². The molecule has 5 aliphatic rings. The third-order valence-electron chi connectivity index (χ3n) is 10.4. The molecule has 1 N–H and O–H groups in total. The van der Waals surface area contributed by atoms with Gasteiger partial charge in [-0.3, -0.25) is 9.69 Å². The predicted molar refractivity (Wildman–Crippen MR) is 159 cm³/mol. The molecule has 7 rings (SSSR count). The highest BCUT2D eigenvalue weighted by Gasteiger charge is 2.74. The van der Waals surface area contributed by atoms with E-state index < -0.39 is 39.2 Å². The molecular formula is C33H42N2O6S. The number of carbonyl (C=O) groups excluding carboxylic acids is 1. The minimum Gasteiger partial charge on any atom is -0.483 e. The maximum Gasteiger partial charge on any atom is 0.308 e. The van der Waals surface area contributed by atoms with Crippen LogP contribution >= 0.6 is 0 Å². The van der Waals surface area contributed by atoms with Gasteiger partial charge in [-0.1, -0.05) is 50.2 Å². The number of nitrogens with zero attached hydrogens (tertiary/aromatic N) is 2. The maximum absolute atomic E-state index is 14.2. The molecule has 2 bridgehead atoms. The molecule has 3 fully saturated rings. The lowest BCUT2D eigenvalue weighted by Crippen LogP contribution is -2.78. The Morgan fingerprint density at radius 3 is 2.60 bits per heavy atom. The second-order valence-corrected chi connectivity index (χ2v) is 15.6. The first-order valence-electron chi connectivity index (χ1n) is 15.5. The predicted octanol–water partition coefficient (Wildman–Crippen LogP) is 4.03. The topological polar surface area (TPSA) is 96.4 Å². The zero-order valence-electron chi connectivity index (χ0n) is 24.8. The maximum atomic E-state index is 14.2. The van der Waals surface area contributed by atoms with E-state index in [1.54, 1.807) is 4.31 Å². The van der Waals surface area contributed by atoms with Crippen LogP contribution in [0.5, 0.6) is 11.5 Å². The third-order valence-corrected chi connectivity index (χ3v) is 12.3. The Morgan fingerprint density at radius 2 is 1.90 bits per heavy atom. The van der Waals surface area contributed by atoms with E-state index in [-0.39, 0.29) is 17.7 Å². The van der Waals surface area contributed by atoms with E-state index in [0.717, 1.165) is 29.8 Å². The molecule has 2 aromatic carbocycles. The van der Waals surface area contributed by atoms with Crippen molar-refractivity contribution in [1.29, 1.82) is 0 Å². The van der Waals surface area contributed by atoms with Gasteiger partial charge in [-0.15, -0.1) is 0 Å². The van der Waals surface area contributed by atoms with Crippen LogP contribution in [0.4, 0.5) is 0 Å². The van der Waals surface area contributed by atoms with Crippen LogP contribution in [-0.4, -0.2) is 72.1 Å². The van der Waals surface area contributed by atoms with Crippen LogP contribution in [0.2, 0.25) is 0 Å². The Labute approximate surface area is 249 Å². The van der Waals surface area contributed by atoms with Gasteiger partial charge < -0.3 is 14.6 Å². The monoisotopic (exact) mass is 594 g/mol. The average molecular weight is 595 g/mol. The van der Waals surface area contributed by atoms with Crippen LogP contribution in [0.1, 0.15) is 69.6 Å². The largest absolute Gasteiger partial charge is 0.483 e. The van der Waals surface area contributed by atoms with Crippen LogP contribution in [0.25, 0.3) is 0 Å². The van der Waals surface area contributed by atoms with Gasteiger partial charge in [0.15, 0.2) is 11.5 Å². The second kappa shape index (κ2) is 10.0. The highest BCUT2D eigenvalue weighted by Crippen LogP contribution is 2.66. The van der Waals surface area contributed by atoms with Crippen LogP contribution < -0.4 is 9.47 Å². The van der Waals surface area contributed by atoms with E-state index in [4.69, 9.17) is 9.47 Å². The molecule has 5 atom stereocenters. The number of benzene rings is 2. The van der Waals surface area contributed by atoms with Gasteiger partial charge in [-0.2, -0.15) is 4.31 Å². The number of hydrogen-bond acceptors (Lipinski definition) is 7. The molecular weight excluding hydrogens is 552 g/mol. The number of sulfonamides is 1. The summed E-state index contributed by atoms with van der Waals surface area (Å²) in [6, 6.07) is 12.6. The Kier molecular flexibility index (Phi) is 6.77. The van der Waals surface area contributed by atoms with Crippen molar-refractivity contribution in [2.24, 2.45) is 11.8 Å². The number of rotatable bonds is 9. The molecule has 226 valence electrons. The summed E-state index contributed by atoms with van der Waals surface area (Å²) in [7, 11) is -3.73. The van der Waals surface area contributed by atoms with Crippen molar-refractivity contribution in [2.45, 2.75) is 94.3 Å². The first kappa shape index (κ1) is 28.3. The fourth-order valence-electron chi connectivity index (χ4n) is 8.66. The summed E-state index contributed by atoms with van der Waals surface area (Å²) in [6.45, 7) is 7.64. The summed E-state index contributed by atoms with van der Waals surface area (Å²) < 4.78 is 42.7. The van der Waals surface area contributed by atoms with Crippen molar-refractivity contribution in [3.8, 4) is 11.5 Å².